The number of anilines is 3. The van der Waals surface area contributed by atoms with Gasteiger partial charge in [-0.25, -0.2) is 15.8 Å². The molecule has 0 atom stereocenters. The van der Waals surface area contributed by atoms with Gasteiger partial charge in [-0.2, -0.15) is 0 Å². The predicted molar refractivity (Wildman–Crippen MR) is 76.3 cm³/mol. The third-order valence-electron chi connectivity index (χ3n) is 3.12. The van der Waals surface area contributed by atoms with Crippen molar-refractivity contribution in [3.05, 3.63) is 41.7 Å². The molecule has 5 heteroatoms. The maximum absolute atomic E-state index is 5.46. The minimum atomic E-state index is 0.492. The summed E-state index contributed by atoms with van der Waals surface area (Å²) in [6.07, 6.45) is 2.33. The van der Waals surface area contributed by atoms with Crippen LogP contribution in [-0.4, -0.2) is 9.97 Å². The van der Waals surface area contributed by atoms with Gasteiger partial charge in [0.25, 0.3) is 0 Å². The van der Waals surface area contributed by atoms with Crippen molar-refractivity contribution in [3.8, 4) is 0 Å². The molecule has 0 radical (unpaired) electrons. The Labute approximate surface area is 112 Å². The van der Waals surface area contributed by atoms with E-state index < -0.39 is 0 Å². The normalized spacial score (nSPS) is 14.2. The van der Waals surface area contributed by atoms with Crippen molar-refractivity contribution in [1.82, 2.24) is 9.97 Å². The molecule has 0 spiro atoms. The first kappa shape index (κ1) is 11.9. The molecular formula is C14H17N5. The maximum Gasteiger partial charge on any atom is 0.145 e. The number of nitrogens with zero attached hydrogens (tertiary/aromatic N) is 2. The molecule has 0 aliphatic heterocycles. The summed E-state index contributed by atoms with van der Waals surface area (Å²) in [7, 11) is 0. The van der Waals surface area contributed by atoms with E-state index in [0.29, 0.717) is 11.7 Å². The Balaban J connectivity index is 1.89. The van der Waals surface area contributed by atoms with E-state index in [1.165, 1.54) is 5.56 Å². The van der Waals surface area contributed by atoms with Crippen LogP contribution in [0.5, 0.6) is 0 Å². The SMILES string of the molecule is Cc1cccc(Nc2cc(NN)nc(C3CC3)n2)c1. The lowest BCUT2D eigenvalue weighted by atomic mass is 10.2. The fraction of sp³-hybridized carbons (Fsp3) is 0.286. The van der Waals surface area contributed by atoms with Gasteiger partial charge in [0.15, 0.2) is 0 Å². The minimum Gasteiger partial charge on any atom is -0.340 e. The van der Waals surface area contributed by atoms with Gasteiger partial charge in [0.05, 0.1) is 0 Å². The first-order chi connectivity index (χ1) is 9.24. The van der Waals surface area contributed by atoms with Gasteiger partial charge in [-0.15, -0.1) is 0 Å². The highest BCUT2D eigenvalue weighted by molar-refractivity contribution is 5.59. The van der Waals surface area contributed by atoms with E-state index in [0.717, 1.165) is 30.2 Å². The van der Waals surface area contributed by atoms with E-state index in [1.807, 2.05) is 18.2 Å². The summed E-state index contributed by atoms with van der Waals surface area (Å²) in [6.45, 7) is 2.06. The quantitative estimate of drug-likeness (QED) is 0.578. The van der Waals surface area contributed by atoms with Crippen LogP contribution in [0.15, 0.2) is 30.3 Å². The van der Waals surface area contributed by atoms with Gasteiger partial charge >= 0.3 is 0 Å². The topological polar surface area (TPSA) is 75.9 Å². The van der Waals surface area contributed by atoms with E-state index in [4.69, 9.17) is 5.84 Å². The van der Waals surface area contributed by atoms with Crippen molar-refractivity contribution in [2.24, 2.45) is 5.84 Å². The lowest BCUT2D eigenvalue weighted by Gasteiger charge is -2.09. The summed E-state index contributed by atoms with van der Waals surface area (Å²) in [5.41, 5.74) is 4.82. The standard InChI is InChI=1S/C14H17N5/c1-9-3-2-4-11(7-9)16-12-8-13(19-15)18-14(17-12)10-5-6-10/h2-4,7-8,10H,5-6,15H2,1H3,(H2,16,17,18,19). The average Bonchev–Trinajstić information content (AvgIpc) is 3.22. The number of nitrogens with one attached hydrogen (secondary N) is 2. The fourth-order valence-corrected chi connectivity index (χ4v) is 2.00. The Morgan fingerprint density at radius 3 is 2.63 bits per heavy atom. The third-order valence-corrected chi connectivity index (χ3v) is 3.12. The molecule has 0 unspecified atom stereocenters. The van der Waals surface area contributed by atoms with Crippen LogP contribution in [-0.2, 0) is 0 Å². The summed E-state index contributed by atoms with van der Waals surface area (Å²) in [5, 5.41) is 3.30. The molecule has 2 aromatic rings. The van der Waals surface area contributed by atoms with Gasteiger partial charge < -0.3 is 10.7 Å². The average molecular weight is 255 g/mol. The van der Waals surface area contributed by atoms with Crippen molar-refractivity contribution in [2.45, 2.75) is 25.7 Å². The van der Waals surface area contributed by atoms with Crippen molar-refractivity contribution in [2.75, 3.05) is 10.7 Å². The molecule has 1 saturated carbocycles. The molecule has 0 amide bonds. The lowest BCUT2D eigenvalue weighted by Crippen LogP contribution is -2.11. The summed E-state index contributed by atoms with van der Waals surface area (Å²) in [5.74, 6) is 8.23. The second-order valence-electron chi connectivity index (χ2n) is 4.91. The molecule has 1 aromatic carbocycles. The number of hydrogen-bond acceptors (Lipinski definition) is 5. The van der Waals surface area contributed by atoms with E-state index >= 15 is 0 Å². The van der Waals surface area contributed by atoms with Crippen LogP contribution in [0.4, 0.5) is 17.3 Å². The van der Waals surface area contributed by atoms with E-state index in [9.17, 15) is 0 Å². The highest BCUT2D eigenvalue weighted by atomic mass is 15.3. The van der Waals surface area contributed by atoms with Gasteiger partial charge in [-0.1, -0.05) is 12.1 Å². The first-order valence-electron chi connectivity index (χ1n) is 6.44. The van der Waals surface area contributed by atoms with Crippen molar-refractivity contribution >= 4 is 17.3 Å². The van der Waals surface area contributed by atoms with Gasteiger partial charge in [0, 0.05) is 17.7 Å². The summed E-state index contributed by atoms with van der Waals surface area (Å²) in [4.78, 5) is 8.94. The minimum absolute atomic E-state index is 0.492. The zero-order valence-electron chi connectivity index (χ0n) is 10.9. The number of hydrogen-bond donors (Lipinski definition) is 3. The molecule has 19 heavy (non-hydrogen) atoms. The Kier molecular flexibility index (Phi) is 3.05. The number of rotatable bonds is 4. The Morgan fingerprint density at radius 2 is 1.95 bits per heavy atom. The summed E-state index contributed by atoms with van der Waals surface area (Å²) in [6, 6.07) is 9.99. The molecule has 4 N–H and O–H groups in total. The van der Waals surface area contributed by atoms with E-state index in [1.54, 1.807) is 0 Å². The number of aryl methyl sites for hydroxylation is 1. The summed E-state index contributed by atoms with van der Waals surface area (Å²) >= 11 is 0. The van der Waals surface area contributed by atoms with Crippen molar-refractivity contribution in [1.29, 1.82) is 0 Å². The molecule has 0 bridgehead atoms. The largest absolute Gasteiger partial charge is 0.340 e. The van der Waals surface area contributed by atoms with Crippen LogP contribution in [0.3, 0.4) is 0 Å². The predicted octanol–water partition coefficient (Wildman–Crippen LogP) is 2.69. The van der Waals surface area contributed by atoms with Gasteiger partial charge in [0.2, 0.25) is 0 Å². The van der Waals surface area contributed by atoms with Crippen LogP contribution in [0.25, 0.3) is 0 Å². The smallest absolute Gasteiger partial charge is 0.145 e. The highest BCUT2D eigenvalue weighted by Gasteiger charge is 2.27. The second kappa shape index (κ2) is 4.85. The van der Waals surface area contributed by atoms with Gasteiger partial charge in [-0.3, -0.25) is 0 Å². The van der Waals surface area contributed by atoms with Crippen LogP contribution in [0.2, 0.25) is 0 Å². The Bertz CT molecular complexity index is 592. The zero-order chi connectivity index (χ0) is 13.2. The third kappa shape index (κ3) is 2.82. The molecule has 0 saturated heterocycles. The van der Waals surface area contributed by atoms with E-state index in [2.05, 4.69) is 39.8 Å². The fourth-order valence-electron chi connectivity index (χ4n) is 2.00. The molecule has 5 nitrogen and oxygen atoms in total. The monoisotopic (exact) mass is 255 g/mol. The zero-order valence-corrected chi connectivity index (χ0v) is 10.9. The molecular weight excluding hydrogens is 238 g/mol. The second-order valence-corrected chi connectivity index (χ2v) is 4.91. The molecule has 3 rings (SSSR count). The molecule has 1 aliphatic carbocycles. The van der Waals surface area contributed by atoms with E-state index in [-0.39, 0.29) is 0 Å². The van der Waals surface area contributed by atoms with Crippen molar-refractivity contribution < 1.29 is 0 Å². The Hall–Kier alpha value is -2.14. The number of aromatic nitrogens is 2. The molecule has 1 aliphatic rings. The van der Waals surface area contributed by atoms with Crippen LogP contribution in [0, 0.1) is 6.92 Å². The van der Waals surface area contributed by atoms with Crippen molar-refractivity contribution in [3.63, 3.8) is 0 Å². The number of benzene rings is 1. The molecule has 1 heterocycles. The molecule has 1 fully saturated rings. The maximum atomic E-state index is 5.46. The van der Waals surface area contributed by atoms with Crippen LogP contribution >= 0.6 is 0 Å². The number of hydrazine groups is 1. The molecule has 98 valence electrons. The van der Waals surface area contributed by atoms with Crippen LogP contribution in [0.1, 0.15) is 30.1 Å². The lowest BCUT2D eigenvalue weighted by molar-refractivity contribution is 0.929. The molecule has 1 aromatic heterocycles. The van der Waals surface area contributed by atoms with Crippen LogP contribution < -0.4 is 16.6 Å². The highest BCUT2D eigenvalue weighted by Crippen LogP contribution is 2.39. The van der Waals surface area contributed by atoms with Gasteiger partial charge in [0.1, 0.15) is 17.5 Å². The number of nitrogen functional groups attached to an aromatic ring is 1. The first-order valence-corrected chi connectivity index (χ1v) is 6.44. The number of nitrogens with two attached hydrogens (primary N) is 1. The summed E-state index contributed by atoms with van der Waals surface area (Å²) < 4.78 is 0. The van der Waals surface area contributed by atoms with Gasteiger partial charge in [-0.05, 0) is 37.5 Å². The Morgan fingerprint density at radius 1 is 1.16 bits per heavy atom.